The van der Waals surface area contributed by atoms with Crippen LogP contribution in [0, 0.1) is 5.82 Å². The molecule has 0 saturated carbocycles. The molecule has 4 rings (SSSR count). The first kappa shape index (κ1) is 17.8. The van der Waals surface area contributed by atoms with Gasteiger partial charge >= 0.3 is 0 Å². The van der Waals surface area contributed by atoms with Crippen LogP contribution in [0.4, 0.5) is 10.1 Å². The Bertz CT molecular complexity index is 805. The quantitative estimate of drug-likeness (QED) is 0.874. The molecule has 0 aliphatic carbocycles. The third kappa shape index (κ3) is 4.56. The highest BCUT2D eigenvalue weighted by molar-refractivity contribution is 5.92. The summed E-state index contributed by atoms with van der Waals surface area (Å²) in [6, 6.07) is 12.0. The number of amides is 1. The Hall–Kier alpha value is -2.64. The largest absolute Gasteiger partial charge is 0.454 e. The van der Waals surface area contributed by atoms with Gasteiger partial charge in [0.25, 0.3) is 0 Å². The molecule has 1 fully saturated rings. The Kier molecular flexibility index (Phi) is 5.22. The molecule has 142 valence electrons. The average Bonchev–Trinajstić information content (AvgIpc) is 3.13. The molecular weight excluding hydrogens is 349 g/mol. The molecule has 2 aromatic carbocycles. The van der Waals surface area contributed by atoms with Gasteiger partial charge < -0.3 is 14.8 Å². The van der Waals surface area contributed by atoms with E-state index < -0.39 is 0 Å². The lowest BCUT2D eigenvalue weighted by Gasteiger charge is -2.34. The number of hydrogen-bond donors (Lipinski definition) is 1. The van der Waals surface area contributed by atoms with E-state index in [0.717, 1.165) is 38.3 Å². The zero-order chi connectivity index (χ0) is 18.6. The SMILES string of the molecule is O=C(CN1CCN(Cc2ccc(F)cc2)CC1)Nc1ccc2c(c1)OCO2. The van der Waals surface area contributed by atoms with E-state index in [0.29, 0.717) is 23.7 Å². The lowest BCUT2D eigenvalue weighted by Crippen LogP contribution is -2.48. The molecule has 0 radical (unpaired) electrons. The number of rotatable bonds is 5. The number of ether oxygens (including phenoxy) is 2. The maximum Gasteiger partial charge on any atom is 0.238 e. The first-order valence-electron chi connectivity index (χ1n) is 9.04. The molecule has 0 unspecified atom stereocenters. The second kappa shape index (κ2) is 7.94. The molecule has 2 aliphatic heterocycles. The summed E-state index contributed by atoms with van der Waals surface area (Å²) in [5.74, 6) is 1.10. The summed E-state index contributed by atoms with van der Waals surface area (Å²) in [6.45, 7) is 4.81. The predicted molar refractivity (Wildman–Crippen MR) is 99.3 cm³/mol. The van der Waals surface area contributed by atoms with Crippen LogP contribution in [-0.2, 0) is 11.3 Å². The van der Waals surface area contributed by atoms with E-state index in [4.69, 9.17) is 9.47 Å². The van der Waals surface area contributed by atoms with Gasteiger partial charge in [0, 0.05) is 44.5 Å². The van der Waals surface area contributed by atoms with Crippen molar-refractivity contribution in [1.29, 1.82) is 0 Å². The predicted octanol–water partition coefficient (Wildman–Crippen LogP) is 2.31. The van der Waals surface area contributed by atoms with Crippen LogP contribution in [0.1, 0.15) is 5.56 Å². The molecule has 0 spiro atoms. The van der Waals surface area contributed by atoms with Gasteiger partial charge in [-0.05, 0) is 29.8 Å². The van der Waals surface area contributed by atoms with E-state index in [1.807, 2.05) is 18.2 Å². The van der Waals surface area contributed by atoms with Crippen LogP contribution in [0.2, 0.25) is 0 Å². The van der Waals surface area contributed by atoms with Crippen LogP contribution >= 0.6 is 0 Å². The molecular formula is C20H22FN3O3. The number of nitrogens with zero attached hydrogens (tertiary/aromatic N) is 2. The van der Waals surface area contributed by atoms with Crippen molar-refractivity contribution in [3.05, 3.63) is 53.8 Å². The molecule has 1 amide bonds. The molecule has 1 N–H and O–H groups in total. The molecule has 27 heavy (non-hydrogen) atoms. The Balaban J connectivity index is 1.23. The Morgan fingerprint density at radius 3 is 2.44 bits per heavy atom. The van der Waals surface area contributed by atoms with Crippen molar-refractivity contribution >= 4 is 11.6 Å². The summed E-state index contributed by atoms with van der Waals surface area (Å²) >= 11 is 0. The maximum absolute atomic E-state index is 13.0. The van der Waals surface area contributed by atoms with Gasteiger partial charge in [0.15, 0.2) is 11.5 Å². The third-order valence-electron chi connectivity index (χ3n) is 4.81. The standard InChI is InChI=1S/C20H22FN3O3/c21-16-3-1-15(2-4-16)12-23-7-9-24(10-8-23)13-20(25)22-17-5-6-18-19(11-17)27-14-26-18/h1-6,11H,7-10,12-14H2,(H,22,25). The van der Waals surface area contributed by atoms with E-state index in [1.165, 1.54) is 12.1 Å². The number of hydrogen-bond acceptors (Lipinski definition) is 5. The Morgan fingerprint density at radius 2 is 1.67 bits per heavy atom. The molecule has 0 atom stereocenters. The first-order chi connectivity index (χ1) is 13.2. The van der Waals surface area contributed by atoms with E-state index in [9.17, 15) is 9.18 Å². The fourth-order valence-electron chi connectivity index (χ4n) is 3.33. The molecule has 7 heteroatoms. The Morgan fingerprint density at radius 1 is 0.963 bits per heavy atom. The highest BCUT2D eigenvalue weighted by Gasteiger charge is 2.20. The Labute approximate surface area is 157 Å². The zero-order valence-electron chi connectivity index (χ0n) is 15.0. The molecule has 2 heterocycles. The van der Waals surface area contributed by atoms with Crippen LogP contribution in [0.3, 0.4) is 0 Å². The van der Waals surface area contributed by atoms with Crippen molar-refractivity contribution in [1.82, 2.24) is 9.80 Å². The minimum absolute atomic E-state index is 0.0409. The van der Waals surface area contributed by atoms with Gasteiger partial charge in [-0.3, -0.25) is 14.6 Å². The summed E-state index contributed by atoms with van der Waals surface area (Å²) in [7, 11) is 0. The second-order valence-electron chi connectivity index (χ2n) is 6.79. The number of carbonyl (C=O) groups is 1. The molecule has 0 aromatic heterocycles. The zero-order valence-corrected chi connectivity index (χ0v) is 15.0. The minimum Gasteiger partial charge on any atom is -0.454 e. The number of benzene rings is 2. The number of fused-ring (bicyclic) bond motifs is 1. The van der Waals surface area contributed by atoms with Gasteiger partial charge in [0.2, 0.25) is 12.7 Å². The molecule has 6 nitrogen and oxygen atoms in total. The second-order valence-corrected chi connectivity index (χ2v) is 6.79. The molecule has 0 bridgehead atoms. The van der Waals surface area contributed by atoms with Gasteiger partial charge in [-0.2, -0.15) is 0 Å². The van der Waals surface area contributed by atoms with Crippen LogP contribution < -0.4 is 14.8 Å². The minimum atomic E-state index is -0.211. The summed E-state index contributed by atoms with van der Waals surface area (Å²) in [6.07, 6.45) is 0. The van der Waals surface area contributed by atoms with Gasteiger partial charge in [0.1, 0.15) is 5.82 Å². The monoisotopic (exact) mass is 371 g/mol. The van der Waals surface area contributed by atoms with E-state index in [-0.39, 0.29) is 18.5 Å². The fraction of sp³-hybridized carbons (Fsp3) is 0.350. The normalized spacial score (nSPS) is 17.1. The summed E-state index contributed by atoms with van der Waals surface area (Å²) in [5, 5.41) is 2.91. The van der Waals surface area contributed by atoms with Gasteiger partial charge in [-0.1, -0.05) is 12.1 Å². The highest BCUT2D eigenvalue weighted by atomic mass is 19.1. The van der Waals surface area contributed by atoms with Gasteiger partial charge in [-0.25, -0.2) is 4.39 Å². The number of piperazine rings is 1. The van der Waals surface area contributed by atoms with Crippen molar-refractivity contribution in [3.63, 3.8) is 0 Å². The first-order valence-corrected chi connectivity index (χ1v) is 9.04. The summed E-state index contributed by atoms with van der Waals surface area (Å²) in [4.78, 5) is 16.8. The maximum atomic E-state index is 13.0. The molecule has 2 aromatic rings. The van der Waals surface area contributed by atoms with Crippen molar-refractivity contribution in [2.24, 2.45) is 0 Å². The van der Waals surface area contributed by atoms with Crippen LogP contribution in [-0.4, -0.2) is 55.2 Å². The van der Waals surface area contributed by atoms with Crippen molar-refractivity contribution in [3.8, 4) is 11.5 Å². The van der Waals surface area contributed by atoms with Gasteiger partial charge in [-0.15, -0.1) is 0 Å². The summed E-state index contributed by atoms with van der Waals surface area (Å²) in [5.41, 5.74) is 1.81. The third-order valence-corrected chi connectivity index (χ3v) is 4.81. The lowest BCUT2D eigenvalue weighted by molar-refractivity contribution is -0.117. The van der Waals surface area contributed by atoms with Crippen LogP contribution in [0.25, 0.3) is 0 Å². The van der Waals surface area contributed by atoms with Gasteiger partial charge in [0.05, 0.1) is 6.54 Å². The topological polar surface area (TPSA) is 54.0 Å². The number of nitrogens with one attached hydrogen (secondary N) is 1. The number of halogens is 1. The van der Waals surface area contributed by atoms with E-state index in [2.05, 4.69) is 15.1 Å². The van der Waals surface area contributed by atoms with Crippen LogP contribution in [0.15, 0.2) is 42.5 Å². The van der Waals surface area contributed by atoms with Crippen molar-refractivity contribution < 1.29 is 18.7 Å². The van der Waals surface area contributed by atoms with Crippen molar-refractivity contribution in [2.45, 2.75) is 6.54 Å². The fourth-order valence-corrected chi connectivity index (χ4v) is 3.33. The summed E-state index contributed by atoms with van der Waals surface area (Å²) < 4.78 is 23.6. The lowest BCUT2D eigenvalue weighted by atomic mass is 10.2. The van der Waals surface area contributed by atoms with Crippen molar-refractivity contribution in [2.75, 3.05) is 44.8 Å². The smallest absolute Gasteiger partial charge is 0.238 e. The number of carbonyl (C=O) groups excluding carboxylic acids is 1. The average molecular weight is 371 g/mol. The highest BCUT2D eigenvalue weighted by Crippen LogP contribution is 2.34. The molecule has 2 aliphatic rings. The van der Waals surface area contributed by atoms with E-state index in [1.54, 1.807) is 12.1 Å². The van der Waals surface area contributed by atoms with E-state index >= 15 is 0 Å². The van der Waals surface area contributed by atoms with Crippen LogP contribution in [0.5, 0.6) is 11.5 Å². The molecule has 1 saturated heterocycles. The number of anilines is 1.